The van der Waals surface area contributed by atoms with Gasteiger partial charge in [-0.1, -0.05) is 6.07 Å². The van der Waals surface area contributed by atoms with Crippen LogP contribution in [0, 0.1) is 13.8 Å². The molecule has 2 rings (SSSR count). The van der Waals surface area contributed by atoms with Gasteiger partial charge in [0.05, 0.1) is 0 Å². The van der Waals surface area contributed by atoms with Gasteiger partial charge in [-0.2, -0.15) is 0 Å². The molecule has 0 bridgehead atoms. The van der Waals surface area contributed by atoms with Crippen LogP contribution in [0.25, 0.3) is 10.4 Å². The standard InChI is InChI=1S/C12H13NS/c1-8-5-10(7-11(13)6-8)12-4-3-9(2)14-12/h3-7H,13H2,1-2H3. The van der Waals surface area contributed by atoms with Crippen molar-refractivity contribution < 1.29 is 0 Å². The summed E-state index contributed by atoms with van der Waals surface area (Å²) in [6.45, 7) is 4.19. The van der Waals surface area contributed by atoms with Crippen LogP contribution in [0.15, 0.2) is 30.3 Å². The summed E-state index contributed by atoms with van der Waals surface area (Å²) < 4.78 is 0. The van der Waals surface area contributed by atoms with Gasteiger partial charge in [-0.15, -0.1) is 11.3 Å². The van der Waals surface area contributed by atoms with Crippen LogP contribution in [0.4, 0.5) is 5.69 Å². The van der Waals surface area contributed by atoms with Crippen molar-refractivity contribution in [3.05, 3.63) is 40.8 Å². The molecule has 1 nitrogen and oxygen atoms in total. The molecule has 0 fully saturated rings. The van der Waals surface area contributed by atoms with E-state index in [9.17, 15) is 0 Å². The number of hydrogen-bond donors (Lipinski definition) is 1. The number of aryl methyl sites for hydroxylation is 2. The zero-order valence-corrected chi connectivity index (χ0v) is 9.19. The zero-order chi connectivity index (χ0) is 10.1. The summed E-state index contributed by atoms with van der Waals surface area (Å²) >= 11 is 1.80. The first-order valence-electron chi connectivity index (χ1n) is 4.59. The fourth-order valence-corrected chi connectivity index (χ4v) is 2.40. The quantitative estimate of drug-likeness (QED) is 0.704. The molecule has 0 unspecified atom stereocenters. The Balaban J connectivity index is 2.51. The number of nitrogen functional groups attached to an aromatic ring is 1. The zero-order valence-electron chi connectivity index (χ0n) is 8.37. The molecule has 0 aliphatic heterocycles. The van der Waals surface area contributed by atoms with Crippen molar-refractivity contribution in [2.75, 3.05) is 5.73 Å². The van der Waals surface area contributed by atoms with Gasteiger partial charge >= 0.3 is 0 Å². The molecule has 0 saturated heterocycles. The lowest BCUT2D eigenvalue weighted by atomic mass is 10.1. The Hall–Kier alpha value is -1.28. The first-order valence-corrected chi connectivity index (χ1v) is 5.41. The van der Waals surface area contributed by atoms with Crippen LogP contribution in [0.2, 0.25) is 0 Å². The third kappa shape index (κ3) is 1.80. The van der Waals surface area contributed by atoms with E-state index < -0.39 is 0 Å². The second kappa shape index (κ2) is 3.46. The van der Waals surface area contributed by atoms with E-state index in [4.69, 9.17) is 5.73 Å². The molecular formula is C12H13NS. The van der Waals surface area contributed by atoms with Gasteiger partial charge in [0, 0.05) is 15.4 Å². The third-order valence-electron chi connectivity index (χ3n) is 2.12. The molecule has 0 radical (unpaired) electrons. The van der Waals surface area contributed by atoms with Crippen molar-refractivity contribution in [1.82, 2.24) is 0 Å². The summed E-state index contributed by atoms with van der Waals surface area (Å²) in [5, 5.41) is 0. The smallest absolute Gasteiger partial charge is 0.0346 e. The molecule has 2 heteroatoms. The summed E-state index contributed by atoms with van der Waals surface area (Å²) in [5.41, 5.74) is 9.08. The molecule has 2 N–H and O–H groups in total. The Bertz CT molecular complexity index is 437. The summed E-state index contributed by atoms with van der Waals surface area (Å²) in [5.74, 6) is 0. The lowest BCUT2D eigenvalue weighted by molar-refractivity contribution is 1.48. The van der Waals surface area contributed by atoms with Crippen LogP contribution in [-0.4, -0.2) is 0 Å². The van der Waals surface area contributed by atoms with E-state index in [2.05, 4.69) is 32.0 Å². The fourth-order valence-electron chi connectivity index (χ4n) is 1.54. The molecular weight excluding hydrogens is 190 g/mol. The van der Waals surface area contributed by atoms with Crippen LogP contribution in [0.1, 0.15) is 10.4 Å². The summed E-state index contributed by atoms with van der Waals surface area (Å²) in [4.78, 5) is 2.62. The second-order valence-electron chi connectivity index (χ2n) is 3.54. The minimum Gasteiger partial charge on any atom is -0.399 e. The van der Waals surface area contributed by atoms with Crippen molar-refractivity contribution in [3.63, 3.8) is 0 Å². The third-order valence-corrected chi connectivity index (χ3v) is 3.17. The monoisotopic (exact) mass is 203 g/mol. The molecule has 1 aromatic heterocycles. The van der Waals surface area contributed by atoms with Crippen LogP contribution in [0.3, 0.4) is 0 Å². The average Bonchev–Trinajstić information content (AvgIpc) is 2.50. The van der Waals surface area contributed by atoms with Crippen LogP contribution >= 0.6 is 11.3 Å². The largest absolute Gasteiger partial charge is 0.399 e. The lowest BCUT2D eigenvalue weighted by Crippen LogP contribution is -1.86. The predicted molar refractivity (Wildman–Crippen MR) is 63.6 cm³/mol. The maximum Gasteiger partial charge on any atom is 0.0346 e. The molecule has 2 aromatic rings. The van der Waals surface area contributed by atoms with Crippen molar-refractivity contribution in [2.45, 2.75) is 13.8 Å². The van der Waals surface area contributed by atoms with Gasteiger partial charge in [0.2, 0.25) is 0 Å². The molecule has 72 valence electrons. The Morgan fingerprint density at radius 1 is 1.07 bits per heavy atom. The van der Waals surface area contributed by atoms with Crippen LogP contribution in [0.5, 0.6) is 0 Å². The van der Waals surface area contributed by atoms with Crippen molar-refractivity contribution in [2.24, 2.45) is 0 Å². The molecule has 0 spiro atoms. The normalized spacial score (nSPS) is 10.4. The maximum atomic E-state index is 5.81. The molecule has 0 amide bonds. The van der Waals surface area contributed by atoms with E-state index in [-0.39, 0.29) is 0 Å². The first-order chi connectivity index (χ1) is 6.65. The van der Waals surface area contributed by atoms with E-state index in [0.29, 0.717) is 0 Å². The first kappa shape index (κ1) is 9.28. The maximum absolute atomic E-state index is 5.81. The van der Waals surface area contributed by atoms with Crippen LogP contribution in [-0.2, 0) is 0 Å². The van der Waals surface area contributed by atoms with E-state index in [1.165, 1.54) is 20.9 Å². The van der Waals surface area contributed by atoms with Gasteiger partial charge in [-0.05, 0) is 49.2 Å². The number of nitrogens with two attached hydrogens (primary N) is 1. The van der Waals surface area contributed by atoms with E-state index >= 15 is 0 Å². The second-order valence-corrected chi connectivity index (χ2v) is 4.83. The molecule has 1 heterocycles. The fraction of sp³-hybridized carbons (Fsp3) is 0.167. The highest BCUT2D eigenvalue weighted by Gasteiger charge is 2.01. The summed E-state index contributed by atoms with van der Waals surface area (Å²) in [6.07, 6.45) is 0. The van der Waals surface area contributed by atoms with Gasteiger partial charge in [0.15, 0.2) is 0 Å². The van der Waals surface area contributed by atoms with Gasteiger partial charge < -0.3 is 5.73 Å². The van der Waals surface area contributed by atoms with Crippen molar-refractivity contribution >= 4 is 17.0 Å². The SMILES string of the molecule is Cc1cc(N)cc(-c2ccc(C)s2)c1. The van der Waals surface area contributed by atoms with Crippen molar-refractivity contribution in [3.8, 4) is 10.4 Å². The number of thiophene rings is 1. The molecule has 0 saturated carbocycles. The van der Waals surface area contributed by atoms with Gasteiger partial charge in [-0.25, -0.2) is 0 Å². The Morgan fingerprint density at radius 3 is 2.43 bits per heavy atom. The van der Waals surface area contributed by atoms with Gasteiger partial charge in [0.25, 0.3) is 0 Å². The van der Waals surface area contributed by atoms with Gasteiger partial charge in [0.1, 0.15) is 0 Å². The van der Waals surface area contributed by atoms with E-state index in [1.807, 2.05) is 12.1 Å². The lowest BCUT2D eigenvalue weighted by Gasteiger charge is -2.01. The topological polar surface area (TPSA) is 26.0 Å². The van der Waals surface area contributed by atoms with Crippen molar-refractivity contribution in [1.29, 1.82) is 0 Å². The Labute approximate surface area is 88.2 Å². The minimum absolute atomic E-state index is 0.839. The summed E-state index contributed by atoms with van der Waals surface area (Å²) in [6, 6.07) is 10.5. The number of rotatable bonds is 1. The molecule has 1 aromatic carbocycles. The van der Waals surface area contributed by atoms with Crippen LogP contribution < -0.4 is 5.73 Å². The highest BCUT2D eigenvalue weighted by atomic mass is 32.1. The number of hydrogen-bond acceptors (Lipinski definition) is 2. The van der Waals surface area contributed by atoms with E-state index in [0.717, 1.165) is 5.69 Å². The summed E-state index contributed by atoms with van der Waals surface area (Å²) in [7, 11) is 0. The number of benzene rings is 1. The number of anilines is 1. The molecule has 14 heavy (non-hydrogen) atoms. The van der Waals surface area contributed by atoms with E-state index in [1.54, 1.807) is 11.3 Å². The Kier molecular flexibility index (Phi) is 2.30. The molecule has 0 atom stereocenters. The average molecular weight is 203 g/mol. The predicted octanol–water partition coefficient (Wildman–Crippen LogP) is 3.61. The van der Waals surface area contributed by atoms with Gasteiger partial charge in [-0.3, -0.25) is 0 Å². The highest BCUT2D eigenvalue weighted by molar-refractivity contribution is 7.15. The highest BCUT2D eigenvalue weighted by Crippen LogP contribution is 2.29. The Morgan fingerprint density at radius 2 is 1.86 bits per heavy atom. The molecule has 0 aliphatic rings. The molecule has 0 aliphatic carbocycles. The minimum atomic E-state index is 0.839.